The van der Waals surface area contributed by atoms with Crippen molar-refractivity contribution in [2.75, 3.05) is 19.6 Å². The van der Waals surface area contributed by atoms with Crippen LogP contribution in [0, 0.1) is 5.92 Å². The minimum absolute atomic E-state index is 0.0509. The number of hydrogen-bond donors (Lipinski definition) is 0. The van der Waals surface area contributed by atoms with Crippen LogP contribution in [0.3, 0.4) is 0 Å². The van der Waals surface area contributed by atoms with Gasteiger partial charge in [-0.1, -0.05) is 13.8 Å². The fourth-order valence-electron chi connectivity index (χ4n) is 1.39. The molecule has 1 rings (SSSR count). The SMILES string of the molecule is CCN1CCC(C)C(F)(F)C1. The number of halogens is 2. The minimum Gasteiger partial charge on any atom is -0.298 e. The van der Waals surface area contributed by atoms with Gasteiger partial charge in [0, 0.05) is 5.92 Å². The maximum absolute atomic E-state index is 13.0. The lowest BCUT2D eigenvalue weighted by Gasteiger charge is -2.36. The van der Waals surface area contributed by atoms with Gasteiger partial charge in [0.25, 0.3) is 5.92 Å². The second kappa shape index (κ2) is 3.05. The molecule has 1 aliphatic rings. The summed E-state index contributed by atoms with van der Waals surface area (Å²) in [7, 11) is 0. The van der Waals surface area contributed by atoms with Crippen LogP contribution < -0.4 is 0 Å². The van der Waals surface area contributed by atoms with E-state index in [0.29, 0.717) is 6.42 Å². The molecule has 1 unspecified atom stereocenters. The molecule has 3 heteroatoms. The van der Waals surface area contributed by atoms with E-state index in [1.54, 1.807) is 11.8 Å². The summed E-state index contributed by atoms with van der Waals surface area (Å²) < 4.78 is 26.0. The van der Waals surface area contributed by atoms with Crippen molar-refractivity contribution < 1.29 is 8.78 Å². The molecule has 0 bridgehead atoms. The quantitative estimate of drug-likeness (QED) is 0.571. The van der Waals surface area contributed by atoms with E-state index in [-0.39, 0.29) is 6.54 Å². The molecule has 1 heterocycles. The van der Waals surface area contributed by atoms with Crippen molar-refractivity contribution in [3.8, 4) is 0 Å². The van der Waals surface area contributed by atoms with Crippen LogP contribution in [0.2, 0.25) is 0 Å². The van der Waals surface area contributed by atoms with E-state index in [0.717, 1.165) is 13.1 Å². The summed E-state index contributed by atoms with van der Waals surface area (Å²) in [5.41, 5.74) is 0. The molecule has 0 radical (unpaired) electrons. The number of alkyl halides is 2. The van der Waals surface area contributed by atoms with Crippen LogP contribution in [0.5, 0.6) is 0 Å². The van der Waals surface area contributed by atoms with E-state index < -0.39 is 11.8 Å². The van der Waals surface area contributed by atoms with Crippen molar-refractivity contribution in [1.29, 1.82) is 0 Å². The zero-order valence-corrected chi connectivity index (χ0v) is 7.11. The fraction of sp³-hybridized carbons (Fsp3) is 1.00. The molecule has 0 N–H and O–H groups in total. The summed E-state index contributed by atoms with van der Waals surface area (Å²) in [4.78, 5) is 1.81. The van der Waals surface area contributed by atoms with Gasteiger partial charge in [-0.2, -0.15) is 0 Å². The predicted molar refractivity (Wildman–Crippen MR) is 40.8 cm³/mol. The molecule has 0 aromatic carbocycles. The average molecular weight is 163 g/mol. The van der Waals surface area contributed by atoms with E-state index >= 15 is 0 Å². The molecule has 0 saturated carbocycles. The molecule has 0 aliphatic carbocycles. The molecular weight excluding hydrogens is 148 g/mol. The number of likely N-dealkylation sites (tertiary alicyclic amines) is 1. The summed E-state index contributed by atoms with van der Waals surface area (Å²) in [6, 6.07) is 0. The zero-order valence-electron chi connectivity index (χ0n) is 7.11. The second-order valence-electron chi connectivity index (χ2n) is 3.32. The lowest BCUT2D eigenvalue weighted by molar-refractivity contribution is -0.103. The Labute approximate surface area is 66.4 Å². The monoisotopic (exact) mass is 163 g/mol. The zero-order chi connectivity index (χ0) is 8.48. The molecule has 0 spiro atoms. The Morgan fingerprint density at radius 1 is 1.55 bits per heavy atom. The highest BCUT2D eigenvalue weighted by atomic mass is 19.3. The van der Waals surface area contributed by atoms with Crippen molar-refractivity contribution in [3.63, 3.8) is 0 Å². The molecule has 1 fully saturated rings. The molecule has 1 atom stereocenters. The maximum Gasteiger partial charge on any atom is 0.263 e. The molecule has 66 valence electrons. The third kappa shape index (κ3) is 1.89. The van der Waals surface area contributed by atoms with E-state index in [4.69, 9.17) is 0 Å². The van der Waals surface area contributed by atoms with Crippen LogP contribution in [-0.4, -0.2) is 30.5 Å². The molecule has 1 nitrogen and oxygen atoms in total. The number of piperidine rings is 1. The normalized spacial score (nSPS) is 32.2. The lowest BCUT2D eigenvalue weighted by Crippen LogP contribution is -2.47. The fourth-order valence-corrected chi connectivity index (χ4v) is 1.39. The highest BCUT2D eigenvalue weighted by Crippen LogP contribution is 2.31. The Morgan fingerprint density at radius 3 is 2.64 bits per heavy atom. The molecule has 1 aliphatic heterocycles. The molecule has 0 aromatic heterocycles. The summed E-state index contributed by atoms with van der Waals surface area (Å²) in [6.45, 7) is 5.07. The predicted octanol–water partition coefficient (Wildman–Crippen LogP) is 1.98. The van der Waals surface area contributed by atoms with Gasteiger partial charge in [-0.25, -0.2) is 8.78 Å². The van der Waals surface area contributed by atoms with E-state index in [1.807, 2.05) is 6.92 Å². The first kappa shape index (κ1) is 8.91. The van der Waals surface area contributed by atoms with Gasteiger partial charge in [-0.05, 0) is 19.5 Å². The number of nitrogens with zero attached hydrogens (tertiary/aromatic N) is 1. The lowest BCUT2D eigenvalue weighted by atomic mass is 9.95. The third-order valence-corrected chi connectivity index (χ3v) is 2.48. The van der Waals surface area contributed by atoms with Crippen molar-refractivity contribution in [2.45, 2.75) is 26.2 Å². The van der Waals surface area contributed by atoms with Crippen LogP contribution in [0.4, 0.5) is 8.78 Å². The van der Waals surface area contributed by atoms with Crippen LogP contribution >= 0.6 is 0 Å². The number of rotatable bonds is 1. The summed E-state index contributed by atoms with van der Waals surface area (Å²) in [6.07, 6.45) is 0.626. The van der Waals surface area contributed by atoms with Crippen molar-refractivity contribution in [1.82, 2.24) is 4.90 Å². The van der Waals surface area contributed by atoms with E-state index in [1.165, 1.54) is 0 Å². The van der Waals surface area contributed by atoms with Crippen LogP contribution in [-0.2, 0) is 0 Å². The van der Waals surface area contributed by atoms with Gasteiger partial charge in [-0.15, -0.1) is 0 Å². The smallest absolute Gasteiger partial charge is 0.263 e. The highest BCUT2D eigenvalue weighted by Gasteiger charge is 2.40. The molecule has 11 heavy (non-hydrogen) atoms. The maximum atomic E-state index is 13.0. The minimum atomic E-state index is -2.46. The highest BCUT2D eigenvalue weighted by molar-refractivity contribution is 4.83. The largest absolute Gasteiger partial charge is 0.298 e. The first-order valence-electron chi connectivity index (χ1n) is 4.16. The van der Waals surface area contributed by atoms with Crippen molar-refractivity contribution in [2.24, 2.45) is 5.92 Å². The van der Waals surface area contributed by atoms with Crippen LogP contribution in [0.15, 0.2) is 0 Å². The van der Waals surface area contributed by atoms with Gasteiger partial charge in [0.15, 0.2) is 0 Å². The van der Waals surface area contributed by atoms with E-state index in [9.17, 15) is 8.78 Å². The Kier molecular flexibility index (Phi) is 2.47. The van der Waals surface area contributed by atoms with Crippen LogP contribution in [0.1, 0.15) is 20.3 Å². The standard InChI is InChI=1S/C8H15F2N/c1-3-11-5-4-7(2)8(9,10)6-11/h7H,3-6H2,1-2H3. The van der Waals surface area contributed by atoms with Crippen molar-refractivity contribution in [3.05, 3.63) is 0 Å². The van der Waals surface area contributed by atoms with E-state index in [2.05, 4.69) is 0 Å². The first-order valence-corrected chi connectivity index (χ1v) is 4.16. The van der Waals surface area contributed by atoms with Gasteiger partial charge in [0.1, 0.15) is 0 Å². The topological polar surface area (TPSA) is 3.24 Å². The molecule has 1 saturated heterocycles. The van der Waals surface area contributed by atoms with Crippen molar-refractivity contribution >= 4 is 0 Å². The summed E-state index contributed by atoms with van der Waals surface area (Å²) >= 11 is 0. The Balaban J connectivity index is 2.52. The number of hydrogen-bond acceptors (Lipinski definition) is 1. The Bertz CT molecular complexity index is 136. The summed E-state index contributed by atoms with van der Waals surface area (Å²) in [5, 5.41) is 0. The van der Waals surface area contributed by atoms with Crippen LogP contribution in [0.25, 0.3) is 0 Å². The third-order valence-electron chi connectivity index (χ3n) is 2.48. The molecule has 0 amide bonds. The van der Waals surface area contributed by atoms with Gasteiger partial charge in [0.05, 0.1) is 6.54 Å². The Hall–Kier alpha value is -0.180. The first-order chi connectivity index (χ1) is 5.06. The Morgan fingerprint density at radius 2 is 2.18 bits per heavy atom. The van der Waals surface area contributed by atoms with Gasteiger partial charge in [0.2, 0.25) is 0 Å². The summed E-state index contributed by atoms with van der Waals surface area (Å²) in [5.74, 6) is -2.90. The van der Waals surface area contributed by atoms with Gasteiger partial charge >= 0.3 is 0 Å². The van der Waals surface area contributed by atoms with Gasteiger partial charge < -0.3 is 0 Å². The molecule has 0 aromatic rings. The molecular formula is C8H15F2N. The van der Waals surface area contributed by atoms with Gasteiger partial charge in [-0.3, -0.25) is 4.90 Å². The average Bonchev–Trinajstić information content (AvgIpc) is 1.95. The second-order valence-corrected chi connectivity index (χ2v) is 3.32.